The van der Waals surface area contributed by atoms with Gasteiger partial charge in [-0.25, -0.2) is 4.39 Å². The summed E-state index contributed by atoms with van der Waals surface area (Å²) >= 11 is 6.01. The smallest absolute Gasteiger partial charge is 0.123 e. The highest BCUT2D eigenvalue weighted by atomic mass is 35.5. The predicted molar refractivity (Wildman–Crippen MR) is 58.8 cm³/mol. The van der Waals surface area contributed by atoms with Gasteiger partial charge in [0.2, 0.25) is 0 Å². The Morgan fingerprint density at radius 2 is 2.27 bits per heavy atom. The first-order chi connectivity index (χ1) is 7.20. The summed E-state index contributed by atoms with van der Waals surface area (Å²) in [6.45, 7) is 0. The molecule has 0 aliphatic heterocycles. The molecule has 1 aliphatic carbocycles. The van der Waals surface area contributed by atoms with Gasteiger partial charge in [-0.05, 0) is 36.1 Å². The highest BCUT2D eigenvalue weighted by Crippen LogP contribution is 2.38. The van der Waals surface area contributed by atoms with Crippen molar-refractivity contribution in [2.75, 3.05) is 0 Å². The van der Waals surface area contributed by atoms with Gasteiger partial charge in [0.15, 0.2) is 0 Å². The summed E-state index contributed by atoms with van der Waals surface area (Å²) in [5, 5.41) is 0.569. The minimum absolute atomic E-state index is 0.0410. The van der Waals surface area contributed by atoms with Crippen LogP contribution in [0, 0.1) is 11.7 Å². The van der Waals surface area contributed by atoms with E-state index in [0.29, 0.717) is 10.9 Å². The van der Waals surface area contributed by atoms with Crippen LogP contribution >= 0.6 is 11.6 Å². The first kappa shape index (κ1) is 10.9. The second-order valence-corrected chi connectivity index (χ2v) is 4.47. The monoisotopic (exact) mass is 228 g/mol. The molecule has 0 amide bonds. The number of hydrogen-bond donors (Lipinski definition) is 2. The molecule has 0 spiro atoms. The zero-order valence-electron chi connectivity index (χ0n) is 8.34. The van der Waals surface area contributed by atoms with E-state index in [1.165, 1.54) is 25.0 Å². The molecule has 4 heteroatoms. The summed E-state index contributed by atoms with van der Waals surface area (Å²) in [5.41, 5.74) is 3.46. The van der Waals surface area contributed by atoms with Gasteiger partial charge in [0.1, 0.15) is 5.82 Å². The van der Waals surface area contributed by atoms with Crippen LogP contribution < -0.4 is 11.3 Å². The second kappa shape index (κ2) is 4.47. The van der Waals surface area contributed by atoms with E-state index < -0.39 is 0 Å². The lowest BCUT2D eigenvalue weighted by Crippen LogP contribution is -2.28. The highest BCUT2D eigenvalue weighted by Gasteiger charge is 2.26. The van der Waals surface area contributed by atoms with Crippen molar-refractivity contribution in [3.63, 3.8) is 0 Å². The Bertz CT molecular complexity index is 352. The van der Waals surface area contributed by atoms with Crippen LogP contribution in [0.3, 0.4) is 0 Å². The largest absolute Gasteiger partial charge is 0.271 e. The number of hydrogen-bond acceptors (Lipinski definition) is 2. The summed E-state index contributed by atoms with van der Waals surface area (Å²) in [7, 11) is 0. The van der Waals surface area contributed by atoms with Gasteiger partial charge in [0, 0.05) is 11.1 Å². The second-order valence-electron chi connectivity index (χ2n) is 4.06. The van der Waals surface area contributed by atoms with E-state index >= 15 is 0 Å². The lowest BCUT2D eigenvalue weighted by molar-refractivity contribution is 0.484. The van der Waals surface area contributed by atoms with Crippen molar-refractivity contribution in [1.29, 1.82) is 0 Å². The van der Waals surface area contributed by atoms with Gasteiger partial charge < -0.3 is 0 Å². The molecule has 3 N–H and O–H groups in total. The van der Waals surface area contributed by atoms with Crippen LogP contribution in [0.5, 0.6) is 0 Å². The number of benzene rings is 1. The quantitative estimate of drug-likeness (QED) is 0.614. The molecule has 0 saturated heterocycles. The fraction of sp³-hybridized carbons (Fsp3) is 0.455. The molecular weight excluding hydrogens is 215 g/mol. The Balaban J connectivity index is 2.19. The van der Waals surface area contributed by atoms with Gasteiger partial charge in [-0.3, -0.25) is 11.3 Å². The Hall–Kier alpha value is -0.640. The molecule has 2 nitrogen and oxygen atoms in total. The Morgan fingerprint density at radius 3 is 2.87 bits per heavy atom. The summed E-state index contributed by atoms with van der Waals surface area (Å²) in [4.78, 5) is 0. The van der Waals surface area contributed by atoms with Crippen LogP contribution in [0.2, 0.25) is 5.02 Å². The fourth-order valence-corrected chi connectivity index (χ4v) is 2.00. The van der Waals surface area contributed by atoms with Crippen molar-refractivity contribution >= 4 is 11.6 Å². The van der Waals surface area contributed by atoms with Crippen molar-refractivity contribution in [3.8, 4) is 0 Å². The standard InChI is InChI=1S/C11H14ClFN2/c12-10-4-3-8(13)6-9(10)11(15-14)5-7-1-2-7/h3-4,6-7,11,15H,1-2,5,14H2. The molecule has 82 valence electrons. The van der Waals surface area contributed by atoms with E-state index in [1.807, 2.05) is 0 Å². The van der Waals surface area contributed by atoms with Gasteiger partial charge in [-0.1, -0.05) is 24.4 Å². The zero-order valence-corrected chi connectivity index (χ0v) is 9.10. The molecular formula is C11H14ClFN2. The maximum atomic E-state index is 13.1. The highest BCUT2D eigenvalue weighted by molar-refractivity contribution is 6.31. The molecule has 0 bridgehead atoms. The van der Waals surface area contributed by atoms with Gasteiger partial charge in [-0.15, -0.1) is 0 Å². The molecule has 15 heavy (non-hydrogen) atoms. The first-order valence-corrected chi connectivity index (χ1v) is 5.49. The van der Waals surface area contributed by atoms with Crippen LogP contribution in [0.4, 0.5) is 4.39 Å². The molecule has 0 aromatic heterocycles. The molecule has 1 aliphatic rings. The van der Waals surface area contributed by atoms with Gasteiger partial charge in [-0.2, -0.15) is 0 Å². The molecule has 0 radical (unpaired) electrons. The van der Waals surface area contributed by atoms with Crippen molar-refractivity contribution in [2.45, 2.75) is 25.3 Å². The Labute approximate surface area is 93.6 Å². The van der Waals surface area contributed by atoms with E-state index in [0.717, 1.165) is 12.0 Å². The van der Waals surface area contributed by atoms with Crippen LogP contribution in [0.15, 0.2) is 18.2 Å². The van der Waals surface area contributed by atoms with Crippen molar-refractivity contribution < 1.29 is 4.39 Å². The Morgan fingerprint density at radius 1 is 1.53 bits per heavy atom. The molecule has 1 aromatic rings. The van der Waals surface area contributed by atoms with Crippen LogP contribution in [-0.2, 0) is 0 Å². The van der Waals surface area contributed by atoms with E-state index in [2.05, 4.69) is 5.43 Å². The first-order valence-electron chi connectivity index (χ1n) is 5.12. The van der Waals surface area contributed by atoms with Gasteiger partial charge >= 0.3 is 0 Å². The number of halogens is 2. The molecule has 1 unspecified atom stereocenters. The predicted octanol–water partition coefficient (Wildman–Crippen LogP) is 2.78. The molecule has 1 saturated carbocycles. The van der Waals surface area contributed by atoms with Crippen molar-refractivity contribution in [1.82, 2.24) is 5.43 Å². The van der Waals surface area contributed by atoms with Crippen molar-refractivity contribution in [2.24, 2.45) is 11.8 Å². The van der Waals surface area contributed by atoms with Crippen LogP contribution in [0.25, 0.3) is 0 Å². The molecule has 1 atom stereocenters. The normalized spacial score (nSPS) is 17.8. The Kier molecular flexibility index (Phi) is 3.24. The molecule has 2 rings (SSSR count). The maximum absolute atomic E-state index is 13.1. The lowest BCUT2D eigenvalue weighted by Gasteiger charge is -2.17. The third-order valence-corrected chi connectivity index (χ3v) is 3.14. The van der Waals surface area contributed by atoms with E-state index in [9.17, 15) is 4.39 Å². The lowest BCUT2D eigenvalue weighted by atomic mass is 10.0. The summed E-state index contributed by atoms with van der Waals surface area (Å²) in [5.74, 6) is 5.91. The number of nitrogens with two attached hydrogens (primary N) is 1. The minimum atomic E-state index is -0.273. The number of nitrogens with one attached hydrogen (secondary N) is 1. The summed E-state index contributed by atoms with van der Waals surface area (Å²) < 4.78 is 13.1. The van der Waals surface area contributed by atoms with E-state index in [4.69, 9.17) is 17.4 Å². The average molecular weight is 229 g/mol. The van der Waals surface area contributed by atoms with Gasteiger partial charge in [0.25, 0.3) is 0 Å². The van der Waals surface area contributed by atoms with Crippen LogP contribution in [0.1, 0.15) is 30.9 Å². The molecule has 1 fully saturated rings. The average Bonchev–Trinajstić information content (AvgIpc) is 3.02. The maximum Gasteiger partial charge on any atom is 0.123 e. The fourth-order valence-electron chi connectivity index (χ4n) is 1.75. The third-order valence-electron chi connectivity index (χ3n) is 2.80. The topological polar surface area (TPSA) is 38.0 Å². The summed E-state index contributed by atoms with van der Waals surface area (Å²) in [6, 6.07) is 4.34. The number of rotatable bonds is 4. The van der Waals surface area contributed by atoms with Gasteiger partial charge in [0.05, 0.1) is 0 Å². The minimum Gasteiger partial charge on any atom is -0.271 e. The number of hydrazine groups is 1. The van der Waals surface area contributed by atoms with Crippen LogP contribution in [-0.4, -0.2) is 0 Å². The van der Waals surface area contributed by atoms with E-state index in [1.54, 1.807) is 6.07 Å². The summed E-state index contributed by atoms with van der Waals surface area (Å²) in [6.07, 6.45) is 3.41. The SMILES string of the molecule is NNC(CC1CC1)c1cc(F)ccc1Cl. The van der Waals surface area contributed by atoms with E-state index in [-0.39, 0.29) is 11.9 Å². The van der Waals surface area contributed by atoms with Crippen molar-refractivity contribution in [3.05, 3.63) is 34.6 Å². The molecule has 0 heterocycles. The zero-order chi connectivity index (χ0) is 10.8. The molecule has 1 aromatic carbocycles. The third kappa shape index (κ3) is 2.68.